The van der Waals surface area contributed by atoms with Gasteiger partial charge in [-0.3, -0.25) is 4.68 Å². The fourth-order valence-electron chi connectivity index (χ4n) is 2.72. The average Bonchev–Trinajstić information content (AvgIpc) is 2.94. The summed E-state index contributed by atoms with van der Waals surface area (Å²) in [7, 11) is 1.99. The first-order chi connectivity index (χ1) is 8.75. The minimum atomic E-state index is 0.501. The van der Waals surface area contributed by atoms with Crippen molar-refractivity contribution in [3.63, 3.8) is 0 Å². The Morgan fingerprint density at radius 2 is 2.22 bits per heavy atom. The first-order valence-corrected chi connectivity index (χ1v) is 6.54. The van der Waals surface area contributed by atoms with Gasteiger partial charge in [0.1, 0.15) is 0 Å². The molecule has 0 amide bonds. The Balaban J connectivity index is 1.70. The maximum absolute atomic E-state index is 4.28. The Kier molecular flexibility index (Phi) is 2.92. The van der Waals surface area contributed by atoms with Crippen molar-refractivity contribution in [2.45, 2.75) is 32.4 Å². The van der Waals surface area contributed by atoms with E-state index in [2.05, 4.69) is 41.6 Å². The highest BCUT2D eigenvalue weighted by Gasteiger charge is 2.21. The predicted octanol–water partition coefficient (Wildman–Crippen LogP) is 2.51. The van der Waals surface area contributed by atoms with Crippen LogP contribution in [0.5, 0.6) is 0 Å². The Labute approximate surface area is 108 Å². The average molecular weight is 241 g/mol. The van der Waals surface area contributed by atoms with Crippen LogP contribution in [0.4, 0.5) is 0 Å². The number of hydrogen-bond donors (Lipinski definition) is 1. The largest absolute Gasteiger partial charge is 0.306 e. The highest BCUT2D eigenvalue weighted by atomic mass is 15.3. The molecule has 2 aromatic rings. The van der Waals surface area contributed by atoms with Crippen molar-refractivity contribution < 1.29 is 0 Å². The van der Waals surface area contributed by atoms with Gasteiger partial charge in [-0.25, -0.2) is 0 Å². The fraction of sp³-hybridized carbons (Fsp3) is 0.400. The quantitative estimate of drug-likeness (QED) is 0.894. The summed E-state index contributed by atoms with van der Waals surface area (Å²) < 4.78 is 1.93. The van der Waals surface area contributed by atoms with Crippen molar-refractivity contribution in [1.82, 2.24) is 15.1 Å². The lowest BCUT2D eigenvalue weighted by molar-refractivity contribution is 0.529. The molecule has 1 aliphatic carbocycles. The molecule has 1 aromatic carbocycles. The van der Waals surface area contributed by atoms with Crippen LogP contribution in [-0.4, -0.2) is 9.78 Å². The van der Waals surface area contributed by atoms with Crippen LogP contribution in [0.25, 0.3) is 0 Å². The van der Waals surface area contributed by atoms with E-state index in [4.69, 9.17) is 0 Å². The molecule has 18 heavy (non-hydrogen) atoms. The third kappa shape index (κ3) is 1.95. The molecule has 0 saturated heterocycles. The minimum absolute atomic E-state index is 0.501. The summed E-state index contributed by atoms with van der Waals surface area (Å²) in [5, 5.41) is 7.94. The van der Waals surface area contributed by atoms with Crippen molar-refractivity contribution in [2.24, 2.45) is 7.05 Å². The van der Waals surface area contributed by atoms with E-state index in [1.54, 1.807) is 0 Å². The van der Waals surface area contributed by atoms with E-state index in [0.29, 0.717) is 6.04 Å². The molecule has 0 fully saturated rings. The molecule has 3 rings (SSSR count). The number of nitrogens with zero attached hydrogens (tertiary/aromatic N) is 2. The van der Waals surface area contributed by atoms with Crippen LogP contribution in [0.1, 0.15) is 34.8 Å². The van der Waals surface area contributed by atoms with Gasteiger partial charge in [-0.2, -0.15) is 5.10 Å². The molecule has 1 unspecified atom stereocenters. The molecule has 1 heterocycles. The Bertz CT molecular complexity index is 557. The van der Waals surface area contributed by atoms with Crippen LogP contribution in [0, 0.1) is 6.92 Å². The van der Waals surface area contributed by atoms with Gasteiger partial charge in [0.15, 0.2) is 0 Å². The van der Waals surface area contributed by atoms with E-state index in [1.165, 1.54) is 35.2 Å². The zero-order valence-corrected chi connectivity index (χ0v) is 11.0. The highest BCUT2D eigenvalue weighted by Crippen LogP contribution is 2.30. The number of aromatic nitrogens is 2. The fourth-order valence-corrected chi connectivity index (χ4v) is 2.72. The number of hydrogen-bond acceptors (Lipinski definition) is 2. The molecule has 1 aromatic heterocycles. The standard InChI is InChI=1S/C15H19N3/c1-11-13(10-17-18(11)2)9-16-15-8-7-12-5-3-4-6-14(12)15/h3-6,10,15-16H,7-9H2,1-2H3. The summed E-state index contributed by atoms with van der Waals surface area (Å²) in [6.07, 6.45) is 4.36. The van der Waals surface area contributed by atoms with Crippen LogP contribution >= 0.6 is 0 Å². The number of fused-ring (bicyclic) bond motifs is 1. The number of benzene rings is 1. The second kappa shape index (κ2) is 4.58. The lowest BCUT2D eigenvalue weighted by Crippen LogP contribution is -2.19. The molecule has 3 nitrogen and oxygen atoms in total. The zero-order valence-electron chi connectivity index (χ0n) is 11.0. The molecular weight excluding hydrogens is 222 g/mol. The van der Waals surface area contributed by atoms with Gasteiger partial charge >= 0.3 is 0 Å². The van der Waals surface area contributed by atoms with Crippen LogP contribution < -0.4 is 5.32 Å². The summed E-state index contributed by atoms with van der Waals surface area (Å²) in [6, 6.07) is 9.25. The van der Waals surface area contributed by atoms with Gasteiger partial charge in [0.05, 0.1) is 6.20 Å². The van der Waals surface area contributed by atoms with Crippen molar-refractivity contribution >= 4 is 0 Å². The first kappa shape index (κ1) is 11.5. The molecule has 0 aliphatic heterocycles. The second-order valence-electron chi connectivity index (χ2n) is 5.05. The third-order valence-electron chi connectivity index (χ3n) is 4.01. The van der Waals surface area contributed by atoms with E-state index in [0.717, 1.165) is 6.54 Å². The summed E-state index contributed by atoms with van der Waals surface area (Å²) in [5.41, 5.74) is 5.51. The smallest absolute Gasteiger partial charge is 0.0537 e. The van der Waals surface area contributed by atoms with Crippen molar-refractivity contribution in [2.75, 3.05) is 0 Å². The number of rotatable bonds is 3. The van der Waals surface area contributed by atoms with Crippen molar-refractivity contribution in [3.8, 4) is 0 Å². The highest BCUT2D eigenvalue weighted by molar-refractivity contribution is 5.34. The Hall–Kier alpha value is -1.61. The van der Waals surface area contributed by atoms with Gasteiger partial charge in [0.25, 0.3) is 0 Å². The molecule has 94 valence electrons. The van der Waals surface area contributed by atoms with Gasteiger partial charge in [-0.15, -0.1) is 0 Å². The predicted molar refractivity (Wildman–Crippen MR) is 72.3 cm³/mol. The topological polar surface area (TPSA) is 29.9 Å². The minimum Gasteiger partial charge on any atom is -0.306 e. The van der Waals surface area contributed by atoms with Crippen LogP contribution in [-0.2, 0) is 20.0 Å². The van der Waals surface area contributed by atoms with E-state index < -0.39 is 0 Å². The monoisotopic (exact) mass is 241 g/mol. The number of aryl methyl sites for hydroxylation is 2. The summed E-state index contributed by atoms with van der Waals surface area (Å²) in [6.45, 7) is 3.02. The van der Waals surface area contributed by atoms with E-state index in [1.807, 2.05) is 17.9 Å². The molecule has 0 radical (unpaired) electrons. The molecule has 0 spiro atoms. The van der Waals surface area contributed by atoms with E-state index in [-0.39, 0.29) is 0 Å². The molecule has 1 N–H and O–H groups in total. The van der Waals surface area contributed by atoms with Crippen molar-refractivity contribution in [1.29, 1.82) is 0 Å². The third-order valence-corrected chi connectivity index (χ3v) is 4.01. The SMILES string of the molecule is Cc1c(CNC2CCc3ccccc32)cnn1C. The second-order valence-corrected chi connectivity index (χ2v) is 5.05. The van der Waals surface area contributed by atoms with Crippen LogP contribution in [0.15, 0.2) is 30.5 Å². The molecule has 0 bridgehead atoms. The normalized spacial score (nSPS) is 18.0. The molecule has 0 saturated carbocycles. The zero-order chi connectivity index (χ0) is 12.5. The number of nitrogens with one attached hydrogen (secondary N) is 1. The van der Waals surface area contributed by atoms with Crippen molar-refractivity contribution in [3.05, 3.63) is 52.8 Å². The van der Waals surface area contributed by atoms with E-state index >= 15 is 0 Å². The van der Waals surface area contributed by atoms with Gasteiger partial charge in [-0.05, 0) is 30.9 Å². The summed E-state index contributed by atoms with van der Waals surface area (Å²) in [5.74, 6) is 0. The lowest BCUT2D eigenvalue weighted by Gasteiger charge is -2.13. The van der Waals surface area contributed by atoms with E-state index in [9.17, 15) is 0 Å². The van der Waals surface area contributed by atoms with Crippen LogP contribution in [0.2, 0.25) is 0 Å². The molecule has 1 aliphatic rings. The van der Waals surface area contributed by atoms with Gasteiger partial charge in [0, 0.05) is 30.9 Å². The Morgan fingerprint density at radius 3 is 3.00 bits per heavy atom. The van der Waals surface area contributed by atoms with Gasteiger partial charge in [-0.1, -0.05) is 24.3 Å². The lowest BCUT2D eigenvalue weighted by atomic mass is 10.1. The van der Waals surface area contributed by atoms with Crippen LogP contribution in [0.3, 0.4) is 0 Å². The maximum atomic E-state index is 4.28. The Morgan fingerprint density at radius 1 is 1.39 bits per heavy atom. The molecular formula is C15H19N3. The molecule has 3 heteroatoms. The van der Waals surface area contributed by atoms with Gasteiger partial charge < -0.3 is 5.32 Å². The van der Waals surface area contributed by atoms with Gasteiger partial charge in [0.2, 0.25) is 0 Å². The maximum Gasteiger partial charge on any atom is 0.0537 e. The summed E-state index contributed by atoms with van der Waals surface area (Å²) in [4.78, 5) is 0. The first-order valence-electron chi connectivity index (χ1n) is 6.54. The molecule has 1 atom stereocenters. The summed E-state index contributed by atoms with van der Waals surface area (Å²) >= 11 is 0.